The second-order valence-corrected chi connectivity index (χ2v) is 3.40. The Kier molecular flexibility index (Phi) is 3.51. The lowest BCUT2D eigenvalue weighted by molar-refractivity contribution is 0.126. The van der Waals surface area contributed by atoms with Crippen LogP contribution in [0.3, 0.4) is 0 Å². The van der Waals surface area contributed by atoms with Crippen molar-refractivity contribution in [1.29, 1.82) is 5.26 Å². The SMILES string of the molecule is CCC(CC#N)N(C)C1CNC1. The molecule has 0 aliphatic carbocycles. The molecule has 0 radical (unpaired) electrons. The van der Waals surface area contributed by atoms with E-state index in [9.17, 15) is 0 Å². The van der Waals surface area contributed by atoms with Crippen LogP contribution in [0.5, 0.6) is 0 Å². The molecule has 0 amide bonds. The highest BCUT2D eigenvalue weighted by Crippen LogP contribution is 2.12. The van der Waals surface area contributed by atoms with Gasteiger partial charge in [-0.1, -0.05) is 6.92 Å². The van der Waals surface area contributed by atoms with Gasteiger partial charge in [-0.2, -0.15) is 5.26 Å². The van der Waals surface area contributed by atoms with Gasteiger partial charge in [0.1, 0.15) is 0 Å². The van der Waals surface area contributed by atoms with Crippen LogP contribution in [-0.4, -0.2) is 37.1 Å². The van der Waals surface area contributed by atoms with Crippen molar-refractivity contribution in [1.82, 2.24) is 10.2 Å². The molecule has 0 aromatic rings. The highest BCUT2D eigenvalue weighted by atomic mass is 15.2. The second-order valence-electron chi connectivity index (χ2n) is 3.40. The van der Waals surface area contributed by atoms with Gasteiger partial charge in [0, 0.05) is 25.2 Å². The first kappa shape index (κ1) is 9.50. The molecule has 1 aliphatic heterocycles. The van der Waals surface area contributed by atoms with Crippen LogP contribution in [0.1, 0.15) is 19.8 Å². The minimum atomic E-state index is 0.446. The predicted octanol–water partition coefficient (Wildman–Crippen LogP) is 0.582. The minimum Gasteiger partial charge on any atom is -0.314 e. The molecule has 1 atom stereocenters. The third kappa shape index (κ3) is 1.96. The Labute approximate surface area is 74.4 Å². The predicted molar refractivity (Wildman–Crippen MR) is 48.7 cm³/mol. The summed E-state index contributed by atoms with van der Waals surface area (Å²) < 4.78 is 0. The van der Waals surface area contributed by atoms with Crippen LogP contribution in [0, 0.1) is 11.3 Å². The number of hydrogen-bond donors (Lipinski definition) is 1. The van der Waals surface area contributed by atoms with Crippen LogP contribution in [0.25, 0.3) is 0 Å². The summed E-state index contributed by atoms with van der Waals surface area (Å²) in [6, 6.07) is 3.34. The van der Waals surface area contributed by atoms with E-state index in [1.165, 1.54) is 0 Å². The molecule has 1 unspecified atom stereocenters. The third-order valence-electron chi connectivity index (χ3n) is 2.71. The van der Waals surface area contributed by atoms with Crippen LogP contribution in [0.15, 0.2) is 0 Å². The van der Waals surface area contributed by atoms with Crippen molar-refractivity contribution in [3.8, 4) is 6.07 Å². The molecular weight excluding hydrogens is 150 g/mol. The van der Waals surface area contributed by atoms with Crippen molar-refractivity contribution in [2.24, 2.45) is 0 Å². The van der Waals surface area contributed by atoms with E-state index in [0.29, 0.717) is 18.5 Å². The minimum absolute atomic E-state index is 0.446. The lowest BCUT2D eigenvalue weighted by Gasteiger charge is -2.39. The van der Waals surface area contributed by atoms with E-state index in [4.69, 9.17) is 5.26 Å². The van der Waals surface area contributed by atoms with Crippen LogP contribution < -0.4 is 5.32 Å². The zero-order valence-electron chi connectivity index (χ0n) is 7.88. The Bertz CT molecular complexity index is 169. The average molecular weight is 167 g/mol. The summed E-state index contributed by atoms with van der Waals surface area (Å²) in [4.78, 5) is 2.33. The summed E-state index contributed by atoms with van der Waals surface area (Å²) in [6.07, 6.45) is 1.73. The summed E-state index contributed by atoms with van der Waals surface area (Å²) in [6.45, 7) is 4.31. The van der Waals surface area contributed by atoms with Gasteiger partial charge in [-0.15, -0.1) is 0 Å². The zero-order chi connectivity index (χ0) is 8.97. The Balaban J connectivity index is 2.36. The molecule has 1 N–H and O–H groups in total. The van der Waals surface area contributed by atoms with E-state index in [0.717, 1.165) is 19.5 Å². The molecule has 0 bridgehead atoms. The van der Waals surface area contributed by atoms with Crippen molar-refractivity contribution in [2.75, 3.05) is 20.1 Å². The molecule has 1 heterocycles. The maximum Gasteiger partial charge on any atom is 0.0638 e. The van der Waals surface area contributed by atoms with Gasteiger partial charge in [0.2, 0.25) is 0 Å². The molecule has 0 saturated carbocycles. The van der Waals surface area contributed by atoms with Crippen molar-refractivity contribution in [3.63, 3.8) is 0 Å². The quantitative estimate of drug-likeness (QED) is 0.666. The number of nitriles is 1. The third-order valence-corrected chi connectivity index (χ3v) is 2.71. The van der Waals surface area contributed by atoms with Crippen LogP contribution >= 0.6 is 0 Å². The molecule has 0 aromatic carbocycles. The van der Waals surface area contributed by atoms with E-state index in [-0.39, 0.29) is 0 Å². The number of nitrogens with zero attached hydrogens (tertiary/aromatic N) is 2. The maximum absolute atomic E-state index is 8.60. The number of likely N-dealkylation sites (N-methyl/N-ethyl adjacent to an activating group) is 1. The Hall–Kier alpha value is -0.590. The lowest BCUT2D eigenvalue weighted by atomic mass is 10.1. The molecule has 3 nitrogen and oxygen atoms in total. The number of nitrogens with one attached hydrogen (secondary N) is 1. The Morgan fingerprint density at radius 1 is 1.67 bits per heavy atom. The van der Waals surface area contributed by atoms with Crippen LogP contribution in [0.2, 0.25) is 0 Å². The molecular formula is C9H17N3. The average Bonchev–Trinajstić information content (AvgIpc) is 1.96. The first-order chi connectivity index (χ1) is 5.79. The first-order valence-corrected chi connectivity index (χ1v) is 4.59. The van der Waals surface area contributed by atoms with Crippen LogP contribution in [0.4, 0.5) is 0 Å². The normalized spacial score (nSPS) is 20.2. The van der Waals surface area contributed by atoms with Crippen molar-refractivity contribution in [3.05, 3.63) is 0 Å². The smallest absolute Gasteiger partial charge is 0.0638 e. The fourth-order valence-corrected chi connectivity index (χ4v) is 1.54. The number of rotatable bonds is 4. The highest BCUT2D eigenvalue weighted by Gasteiger charge is 2.25. The molecule has 1 aliphatic rings. The highest BCUT2D eigenvalue weighted by molar-refractivity contribution is 4.89. The van der Waals surface area contributed by atoms with Crippen molar-refractivity contribution in [2.45, 2.75) is 31.8 Å². The summed E-state index contributed by atoms with van der Waals surface area (Å²) in [5.41, 5.74) is 0. The van der Waals surface area contributed by atoms with E-state index >= 15 is 0 Å². The molecule has 12 heavy (non-hydrogen) atoms. The summed E-state index contributed by atoms with van der Waals surface area (Å²) >= 11 is 0. The topological polar surface area (TPSA) is 39.1 Å². The number of hydrogen-bond acceptors (Lipinski definition) is 3. The van der Waals surface area contributed by atoms with E-state index in [2.05, 4.69) is 30.3 Å². The second kappa shape index (κ2) is 4.44. The molecule has 1 rings (SSSR count). The molecule has 1 fully saturated rings. The monoisotopic (exact) mass is 167 g/mol. The van der Waals surface area contributed by atoms with E-state index < -0.39 is 0 Å². The van der Waals surface area contributed by atoms with Crippen LogP contribution in [-0.2, 0) is 0 Å². The van der Waals surface area contributed by atoms with Gasteiger partial charge >= 0.3 is 0 Å². The molecule has 68 valence electrons. The Morgan fingerprint density at radius 3 is 2.67 bits per heavy atom. The van der Waals surface area contributed by atoms with Gasteiger partial charge in [0.15, 0.2) is 0 Å². The lowest BCUT2D eigenvalue weighted by Crippen LogP contribution is -2.58. The van der Waals surface area contributed by atoms with Gasteiger partial charge < -0.3 is 5.32 Å². The van der Waals surface area contributed by atoms with Crippen molar-refractivity contribution < 1.29 is 0 Å². The van der Waals surface area contributed by atoms with Gasteiger partial charge in [0.25, 0.3) is 0 Å². The maximum atomic E-state index is 8.60. The molecule has 3 heteroatoms. The van der Waals surface area contributed by atoms with E-state index in [1.807, 2.05) is 0 Å². The first-order valence-electron chi connectivity index (χ1n) is 4.59. The largest absolute Gasteiger partial charge is 0.314 e. The summed E-state index contributed by atoms with van der Waals surface area (Å²) in [7, 11) is 2.12. The van der Waals surface area contributed by atoms with Gasteiger partial charge in [-0.3, -0.25) is 4.90 Å². The van der Waals surface area contributed by atoms with Gasteiger partial charge in [-0.25, -0.2) is 0 Å². The standard InChI is InChI=1S/C9H17N3/c1-3-8(4-5-10)12(2)9-6-11-7-9/h8-9,11H,3-4,6-7H2,1-2H3. The molecule has 0 aromatic heterocycles. The molecule has 0 spiro atoms. The Morgan fingerprint density at radius 2 is 2.33 bits per heavy atom. The summed E-state index contributed by atoms with van der Waals surface area (Å²) in [5, 5.41) is 11.8. The molecule has 1 saturated heterocycles. The van der Waals surface area contributed by atoms with Gasteiger partial charge in [-0.05, 0) is 13.5 Å². The fraction of sp³-hybridized carbons (Fsp3) is 0.889. The fourth-order valence-electron chi connectivity index (χ4n) is 1.54. The summed E-state index contributed by atoms with van der Waals surface area (Å²) in [5.74, 6) is 0. The van der Waals surface area contributed by atoms with Gasteiger partial charge in [0.05, 0.1) is 12.5 Å². The van der Waals surface area contributed by atoms with E-state index in [1.54, 1.807) is 0 Å². The van der Waals surface area contributed by atoms with Crippen molar-refractivity contribution >= 4 is 0 Å². The zero-order valence-corrected chi connectivity index (χ0v) is 7.88.